The van der Waals surface area contributed by atoms with E-state index in [1.165, 1.54) is 0 Å². The third kappa shape index (κ3) is 2.25. The van der Waals surface area contributed by atoms with Crippen LogP contribution >= 0.6 is 0 Å². The molecule has 1 heterocycles. The van der Waals surface area contributed by atoms with Crippen molar-refractivity contribution in [1.82, 2.24) is 0 Å². The van der Waals surface area contributed by atoms with Crippen molar-refractivity contribution in [3.05, 3.63) is 71.3 Å². The Morgan fingerprint density at radius 3 is 2.41 bits per heavy atom. The van der Waals surface area contributed by atoms with E-state index in [4.69, 9.17) is 4.74 Å². The standard InChI is InChI=1S/C17H14O5/c18-15(19)10-14(11-6-2-1-3-7-11)17(21)13-9-5-4-8-12(13)16(20)22-17/h1-9,14,21H,10H2,(H,18,19)/t14-,17-/m1/s1. The second-order valence-electron chi connectivity index (χ2n) is 5.19. The fourth-order valence-corrected chi connectivity index (χ4v) is 2.83. The minimum Gasteiger partial charge on any atom is -0.481 e. The van der Waals surface area contributed by atoms with E-state index in [0.29, 0.717) is 11.1 Å². The van der Waals surface area contributed by atoms with E-state index in [-0.39, 0.29) is 12.0 Å². The lowest BCUT2D eigenvalue weighted by Gasteiger charge is -2.31. The molecule has 0 aliphatic carbocycles. The van der Waals surface area contributed by atoms with Gasteiger partial charge in [0.15, 0.2) is 0 Å². The second-order valence-corrected chi connectivity index (χ2v) is 5.19. The third-order valence-corrected chi connectivity index (χ3v) is 3.83. The average molecular weight is 298 g/mol. The summed E-state index contributed by atoms with van der Waals surface area (Å²) in [6.45, 7) is 0. The van der Waals surface area contributed by atoms with Crippen LogP contribution in [0.5, 0.6) is 0 Å². The summed E-state index contributed by atoms with van der Waals surface area (Å²) in [6.07, 6.45) is -0.359. The first kappa shape index (κ1) is 14.3. The lowest BCUT2D eigenvalue weighted by atomic mass is 9.83. The fourth-order valence-electron chi connectivity index (χ4n) is 2.83. The molecule has 0 saturated carbocycles. The van der Waals surface area contributed by atoms with Gasteiger partial charge >= 0.3 is 11.9 Å². The number of aliphatic hydroxyl groups is 1. The Hall–Kier alpha value is -2.66. The highest BCUT2D eigenvalue weighted by Crippen LogP contribution is 2.46. The van der Waals surface area contributed by atoms with Crippen LogP contribution in [-0.4, -0.2) is 22.2 Å². The van der Waals surface area contributed by atoms with Gasteiger partial charge in [-0.15, -0.1) is 0 Å². The van der Waals surface area contributed by atoms with E-state index in [2.05, 4.69) is 0 Å². The Labute approximate surface area is 126 Å². The van der Waals surface area contributed by atoms with Gasteiger partial charge in [0.2, 0.25) is 5.79 Å². The number of cyclic esters (lactones) is 1. The smallest absolute Gasteiger partial charge is 0.341 e. The number of hydrogen-bond acceptors (Lipinski definition) is 4. The van der Waals surface area contributed by atoms with Crippen LogP contribution in [0.25, 0.3) is 0 Å². The lowest BCUT2D eigenvalue weighted by Crippen LogP contribution is -2.35. The van der Waals surface area contributed by atoms with Gasteiger partial charge in [-0.1, -0.05) is 48.5 Å². The number of carboxylic acids is 1. The molecule has 0 amide bonds. The summed E-state index contributed by atoms with van der Waals surface area (Å²) in [5, 5.41) is 20.2. The Morgan fingerprint density at radius 2 is 1.73 bits per heavy atom. The molecule has 1 aliphatic rings. The number of hydrogen-bond donors (Lipinski definition) is 2. The Morgan fingerprint density at radius 1 is 1.09 bits per heavy atom. The average Bonchev–Trinajstić information content (AvgIpc) is 2.78. The van der Waals surface area contributed by atoms with Crippen LogP contribution in [-0.2, 0) is 15.3 Å². The van der Waals surface area contributed by atoms with Crippen LogP contribution < -0.4 is 0 Å². The van der Waals surface area contributed by atoms with Crippen molar-refractivity contribution in [3.63, 3.8) is 0 Å². The van der Waals surface area contributed by atoms with Gasteiger partial charge in [0.25, 0.3) is 0 Å². The second kappa shape index (κ2) is 5.27. The maximum absolute atomic E-state index is 12.0. The summed E-state index contributed by atoms with van der Waals surface area (Å²) in [7, 11) is 0. The molecule has 5 nitrogen and oxygen atoms in total. The van der Waals surface area contributed by atoms with Crippen molar-refractivity contribution in [2.24, 2.45) is 0 Å². The number of aliphatic carboxylic acids is 1. The maximum atomic E-state index is 12.0. The van der Waals surface area contributed by atoms with Gasteiger partial charge < -0.3 is 14.9 Å². The molecule has 22 heavy (non-hydrogen) atoms. The number of ether oxygens (including phenoxy) is 1. The van der Waals surface area contributed by atoms with Crippen LogP contribution in [0.4, 0.5) is 0 Å². The van der Waals surface area contributed by atoms with Crippen molar-refractivity contribution in [2.45, 2.75) is 18.1 Å². The van der Waals surface area contributed by atoms with Gasteiger partial charge in [0, 0.05) is 5.56 Å². The van der Waals surface area contributed by atoms with Crippen molar-refractivity contribution < 1.29 is 24.5 Å². The molecule has 0 saturated heterocycles. The molecule has 112 valence electrons. The minimum atomic E-state index is -1.98. The van der Waals surface area contributed by atoms with E-state index < -0.39 is 23.6 Å². The van der Waals surface area contributed by atoms with E-state index in [1.54, 1.807) is 54.6 Å². The summed E-state index contributed by atoms with van der Waals surface area (Å²) >= 11 is 0. The molecular weight excluding hydrogens is 284 g/mol. The van der Waals surface area contributed by atoms with Crippen LogP contribution in [0.3, 0.4) is 0 Å². The number of carbonyl (C=O) groups excluding carboxylic acids is 1. The predicted molar refractivity (Wildman–Crippen MR) is 77.2 cm³/mol. The lowest BCUT2D eigenvalue weighted by molar-refractivity contribution is -0.186. The normalized spacial score (nSPS) is 21.0. The van der Waals surface area contributed by atoms with Crippen LogP contribution in [0.1, 0.15) is 33.8 Å². The molecule has 0 bridgehead atoms. The molecule has 2 N–H and O–H groups in total. The highest BCUT2D eigenvalue weighted by atomic mass is 16.7. The SMILES string of the molecule is O=C(O)C[C@H](c1ccccc1)[C@]1(O)OC(=O)c2ccccc21. The Bertz CT molecular complexity index is 725. The topological polar surface area (TPSA) is 83.8 Å². The molecule has 5 heteroatoms. The quantitative estimate of drug-likeness (QED) is 0.846. The molecule has 0 fully saturated rings. The molecule has 2 aromatic rings. The molecule has 0 spiro atoms. The largest absolute Gasteiger partial charge is 0.481 e. The summed E-state index contributed by atoms with van der Waals surface area (Å²) < 4.78 is 5.19. The first-order chi connectivity index (χ1) is 10.5. The number of rotatable bonds is 4. The molecule has 0 aromatic heterocycles. The minimum absolute atomic E-state index is 0.260. The Kier molecular flexibility index (Phi) is 3.42. The van der Waals surface area contributed by atoms with Gasteiger partial charge in [-0.25, -0.2) is 4.79 Å². The summed E-state index contributed by atoms with van der Waals surface area (Å²) in [4.78, 5) is 23.2. The Balaban J connectivity index is 2.12. The molecule has 2 aromatic carbocycles. The number of carboxylic acid groups (broad SMARTS) is 1. The number of fused-ring (bicyclic) bond motifs is 1. The van der Waals surface area contributed by atoms with E-state index in [0.717, 1.165) is 0 Å². The number of benzene rings is 2. The van der Waals surface area contributed by atoms with Gasteiger partial charge in [0.05, 0.1) is 17.9 Å². The zero-order valence-corrected chi connectivity index (χ0v) is 11.6. The molecule has 2 atom stereocenters. The summed E-state index contributed by atoms with van der Waals surface area (Å²) in [5.41, 5.74) is 1.16. The number of carbonyl (C=O) groups is 2. The molecule has 0 unspecified atom stereocenters. The fraction of sp³-hybridized carbons (Fsp3) is 0.176. The van der Waals surface area contributed by atoms with Crippen molar-refractivity contribution in [3.8, 4) is 0 Å². The van der Waals surface area contributed by atoms with E-state index in [1.807, 2.05) is 0 Å². The zero-order valence-electron chi connectivity index (χ0n) is 11.6. The third-order valence-electron chi connectivity index (χ3n) is 3.83. The van der Waals surface area contributed by atoms with Gasteiger partial charge in [-0.3, -0.25) is 4.79 Å². The first-order valence-electron chi connectivity index (χ1n) is 6.84. The van der Waals surface area contributed by atoms with Crippen molar-refractivity contribution in [1.29, 1.82) is 0 Å². The summed E-state index contributed by atoms with van der Waals surface area (Å²) in [5.74, 6) is -4.60. The van der Waals surface area contributed by atoms with Crippen molar-refractivity contribution in [2.75, 3.05) is 0 Å². The van der Waals surface area contributed by atoms with E-state index in [9.17, 15) is 19.8 Å². The summed E-state index contributed by atoms with van der Waals surface area (Å²) in [6, 6.07) is 15.2. The maximum Gasteiger partial charge on any atom is 0.341 e. The monoisotopic (exact) mass is 298 g/mol. The first-order valence-corrected chi connectivity index (χ1v) is 6.84. The highest BCUT2D eigenvalue weighted by Gasteiger charge is 2.51. The van der Waals surface area contributed by atoms with Crippen LogP contribution in [0, 0.1) is 0 Å². The van der Waals surface area contributed by atoms with Gasteiger partial charge in [-0.05, 0) is 11.6 Å². The van der Waals surface area contributed by atoms with Crippen LogP contribution in [0.2, 0.25) is 0 Å². The number of esters is 1. The molecule has 1 aliphatic heterocycles. The van der Waals surface area contributed by atoms with Gasteiger partial charge in [0.1, 0.15) is 0 Å². The predicted octanol–water partition coefficient (Wildman–Crippen LogP) is 2.26. The molecular formula is C17H14O5. The zero-order chi connectivity index (χ0) is 15.7. The molecule has 3 rings (SSSR count). The van der Waals surface area contributed by atoms with Crippen molar-refractivity contribution >= 4 is 11.9 Å². The molecule has 0 radical (unpaired) electrons. The van der Waals surface area contributed by atoms with Crippen LogP contribution in [0.15, 0.2) is 54.6 Å². The van der Waals surface area contributed by atoms with Gasteiger partial charge in [-0.2, -0.15) is 0 Å². The highest BCUT2D eigenvalue weighted by molar-refractivity contribution is 5.94. The van der Waals surface area contributed by atoms with E-state index >= 15 is 0 Å².